The van der Waals surface area contributed by atoms with Gasteiger partial charge in [0.2, 0.25) is 0 Å². The molecule has 1 heterocycles. The van der Waals surface area contributed by atoms with E-state index >= 15 is 0 Å². The van der Waals surface area contributed by atoms with Gasteiger partial charge in [-0.1, -0.05) is 0 Å². The minimum absolute atomic E-state index is 0.352. The fraction of sp³-hybridized carbons (Fsp3) is 0. The third-order valence-corrected chi connectivity index (χ3v) is 0.987. The zero-order valence-corrected chi connectivity index (χ0v) is 5.28. The topological polar surface area (TPSA) is 56.2 Å². The Morgan fingerprint density at radius 3 is 2.80 bits per heavy atom. The number of carbonyl (C=O) groups excluding carboxylic acids is 1. The number of hydrogen-bond acceptors (Lipinski definition) is 3. The SMILES string of the molecule is Nc1ccc(/C=C/C=O)o1. The molecular formula is C7H7NO2. The Labute approximate surface area is 58.1 Å². The maximum Gasteiger partial charge on any atom is 0.190 e. The molecule has 0 fully saturated rings. The molecule has 0 aliphatic rings. The van der Waals surface area contributed by atoms with Crippen molar-refractivity contribution in [1.29, 1.82) is 0 Å². The summed E-state index contributed by atoms with van der Waals surface area (Å²) in [5, 5.41) is 0. The summed E-state index contributed by atoms with van der Waals surface area (Å²) in [5.74, 6) is 0.940. The maximum atomic E-state index is 9.83. The van der Waals surface area contributed by atoms with E-state index in [-0.39, 0.29) is 0 Å². The molecule has 52 valence electrons. The normalized spacial score (nSPS) is 10.4. The molecule has 1 aromatic rings. The first kappa shape index (κ1) is 6.61. The lowest BCUT2D eigenvalue weighted by atomic mass is 10.4. The molecule has 0 saturated heterocycles. The smallest absolute Gasteiger partial charge is 0.190 e. The number of anilines is 1. The van der Waals surface area contributed by atoms with Crippen molar-refractivity contribution >= 4 is 18.2 Å². The van der Waals surface area contributed by atoms with Gasteiger partial charge in [-0.25, -0.2) is 0 Å². The number of hydrogen-bond donors (Lipinski definition) is 1. The fourth-order valence-electron chi connectivity index (χ4n) is 0.592. The van der Waals surface area contributed by atoms with Crippen molar-refractivity contribution in [2.75, 3.05) is 5.73 Å². The Balaban J connectivity index is 2.75. The zero-order valence-electron chi connectivity index (χ0n) is 5.28. The van der Waals surface area contributed by atoms with Crippen LogP contribution < -0.4 is 5.73 Å². The van der Waals surface area contributed by atoms with Crippen molar-refractivity contribution < 1.29 is 9.21 Å². The van der Waals surface area contributed by atoms with Crippen LogP contribution in [0.5, 0.6) is 0 Å². The fourth-order valence-corrected chi connectivity index (χ4v) is 0.592. The Hall–Kier alpha value is -1.51. The molecule has 0 saturated carbocycles. The van der Waals surface area contributed by atoms with E-state index in [9.17, 15) is 4.79 Å². The van der Waals surface area contributed by atoms with Gasteiger partial charge < -0.3 is 10.2 Å². The quantitative estimate of drug-likeness (QED) is 0.490. The highest BCUT2D eigenvalue weighted by molar-refractivity contribution is 5.72. The molecule has 0 bridgehead atoms. The molecule has 10 heavy (non-hydrogen) atoms. The molecule has 1 rings (SSSR count). The summed E-state index contributed by atoms with van der Waals surface area (Å²) in [6, 6.07) is 3.32. The van der Waals surface area contributed by atoms with Crippen molar-refractivity contribution in [3.63, 3.8) is 0 Å². The van der Waals surface area contributed by atoms with Crippen molar-refractivity contribution in [1.82, 2.24) is 0 Å². The number of carbonyl (C=O) groups is 1. The van der Waals surface area contributed by atoms with Gasteiger partial charge in [0, 0.05) is 6.07 Å². The van der Waals surface area contributed by atoms with Crippen LogP contribution in [0, 0.1) is 0 Å². The van der Waals surface area contributed by atoms with Gasteiger partial charge in [-0.15, -0.1) is 0 Å². The number of nitrogens with two attached hydrogens (primary N) is 1. The van der Waals surface area contributed by atoms with Gasteiger partial charge in [-0.2, -0.15) is 0 Å². The van der Waals surface area contributed by atoms with E-state index < -0.39 is 0 Å². The average Bonchev–Trinajstić information content (AvgIpc) is 2.31. The van der Waals surface area contributed by atoms with Gasteiger partial charge in [-0.05, 0) is 18.2 Å². The van der Waals surface area contributed by atoms with Crippen LogP contribution in [0.2, 0.25) is 0 Å². The lowest BCUT2D eigenvalue weighted by Gasteiger charge is -1.80. The third-order valence-electron chi connectivity index (χ3n) is 0.987. The molecule has 3 nitrogen and oxygen atoms in total. The van der Waals surface area contributed by atoms with Crippen LogP contribution in [0.1, 0.15) is 5.76 Å². The highest BCUT2D eigenvalue weighted by Crippen LogP contribution is 2.09. The van der Waals surface area contributed by atoms with E-state index in [1.165, 1.54) is 6.08 Å². The molecule has 0 aliphatic heterocycles. The number of rotatable bonds is 2. The van der Waals surface area contributed by atoms with Gasteiger partial charge in [0.05, 0.1) is 0 Å². The number of allylic oxidation sites excluding steroid dienone is 1. The molecule has 0 amide bonds. The highest BCUT2D eigenvalue weighted by Gasteiger charge is 1.90. The lowest BCUT2D eigenvalue weighted by Crippen LogP contribution is -1.75. The Bertz CT molecular complexity index is 250. The Morgan fingerprint density at radius 1 is 1.50 bits per heavy atom. The average molecular weight is 137 g/mol. The summed E-state index contributed by atoms with van der Waals surface area (Å²) in [5.41, 5.74) is 5.26. The predicted octanol–water partition coefficient (Wildman–Crippen LogP) is 1.07. The van der Waals surface area contributed by atoms with Crippen LogP contribution in [0.3, 0.4) is 0 Å². The molecule has 3 heteroatoms. The van der Waals surface area contributed by atoms with Crippen LogP contribution >= 0.6 is 0 Å². The molecule has 2 N–H and O–H groups in total. The maximum absolute atomic E-state index is 9.83. The highest BCUT2D eigenvalue weighted by atomic mass is 16.3. The standard InChI is InChI=1S/C7H7NO2/c8-7-4-3-6(10-7)2-1-5-9/h1-5H,8H2/b2-1+. The minimum Gasteiger partial charge on any atom is -0.442 e. The second-order valence-electron chi connectivity index (χ2n) is 1.74. The Kier molecular flexibility index (Phi) is 1.89. The third kappa shape index (κ3) is 1.48. The molecule has 0 aliphatic carbocycles. The van der Waals surface area contributed by atoms with Gasteiger partial charge in [0.1, 0.15) is 12.0 Å². The van der Waals surface area contributed by atoms with E-state index in [4.69, 9.17) is 10.2 Å². The van der Waals surface area contributed by atoms with E-state index in [2.05, 4.69) is 0 Å². The summed E-state index contributed by atoms with van der Waals surface area (Å²) in [6.07, 6.45) is 3.57. The van der Waals surface area contributed by atoms with Crippen LogP contribution in [0.25, 0.3) is 6.08 Å². The van der Waals surface area contributed by atoms with Crippen LogP contribution in [-0.2, 0) is 4.79 Å². The minimum atomic E-state index is 0.352. The molecule has 1 aromatic heterocycles. The second-order valence-corrected chi connectivity index (χ2v) is 1.74. The predicted molar refractivity (Wildman–Crippen MR) is 38.2 cm³/mol. The largest absolute Gasteiger partial charge is 0.442 e. The monoisotopic (exact) mass is 137 g/mol. The van der Waals surface area contributed by atoms with E-state index in [0.29, 0.717) is 17.9 Å². The van der Waals surface area contributed by atoms with Gasteiger partial charge >= 0.3 is 0 Å². The first-order valence-corrected chi connectivity index (χ1v) is 2.80. The van der Waals surface area contributed by atoms with E-state index in [0.717, 1.165) is 0 Å². The van der Waals surface area contributed by atoms with Gasteiger partial charge in [0.25, 0.3) is 0 Å². The summed E-state index contributed by atoms with van der Waals surface area (Å²) >= 11 is 0. The molecule has 0 aromatic carbocycles. The number of furan rings is 1. The molecular weight excluding hydrogens is 130 g/mol. The van der Waals surface area contributed by atoms with E-state index in [1.807, 2.05) is 0 Å². The molecule has 0 atom stereocenters. The van der Waals surface area contributed by atoms with Crippen molar-refractivity contribution in [2.24, 2.45) is 0 Å². The first-order chi connectivity index (χ1) is 4.83. The van der Waals surface area contributed by atoms with Crippen LogP contribution in [0.15, 0.2) is 22.6 Å². The van der Waals surface area contributed by atoms with Crippen molar-refractivity contribution in [2.45, 2.75) is 0 Å². The molecule has 0 unspecified atom stereocenters. The van der Waals surface area contributed by atoms with Crippen molar-refractivity contribution in [3.05, 3.63) is 24.0 Å². The zero-order chi connectivity index (χ0) is 7.40. The first-order valence-electron chi connectivity index (χ1n) is 2.80. The summed E-state index contributed by atoms with van der Waals surface area (Å²) < 4.78 is 4.92. The summed E-state index contributed by atoms with van der Waals surface area (Å²) in [6.45, 7) is 0. The van der Waals surface area contributed by atoms with Crippen LogP contribution in [0.4, 0.5) is 5.88 Å². The van der Waals surface area contributed by atoms with Gasteiger partial charge in [-0.3, -0.25) is 4.79 Å². The summed E-state index contributed by atoms with van der Waals surface area (Å²) in [4.78, 5) is 9.83. The van der Waals surface area contributed by atoms with Crippen molar-refractivity contribution in [3.8, 4) is 0 Å². The van der Waals surface area contributed by atoms with Crippen LogP contribution in [-0.4, -0.2) is 6.29 Å². The second kappa shape index (κ2) is 2.87. The number of nitrogen functional groups attached to an aromatic ring is 1. The molecule has 0 spiro atoms. The summed E-state index contributed by atoms with van der Waals surface area (Å²) in [7, 11) is 0. The van der Waals surface area contributed by atoms with Gasteiger partial charge in [0.15, 0.2) is 5.88 Å². The van der Waals surface area contributed by atoms with E-state index in [1.54, 1.807) is 18.2 Å². The Morgan fingerprint density at radius 2 is 2.30 bits per heavy atom. The lowest BCUT2D eigenvalue weighted by molar-refractivity contribution is -0.104. The number of aldehydes is 1. The molecule has 0 radical (unpaired) electrons.